The molecule has 2 heterocycles. The van der Waals surface area contributed by atoms with E-state index in [0.29, 0.717) is 18.7 Å². The van der Waals surface area contributed by atoms with Gasteiger partial charge in [0.25, 0.3) is 5.91 Å². The summed E-state index contributed by atoms with van der Waals surface area (Å²) >= 11 is 0. The van der Waals surface area contributed by atoms with Gasteiger partial charge in [0.1, 0.15) is 17.3 Å². The molecule has 0 unspecified atom stereocenters. The third kappa shape index (κ3) is 3.18. The van der Waals surface area contributed by atoms with Crippen LogP contribution in [0.2, 0.25) is 0 Å². The fourth-order valence-electron chi connectivity index (χ4n) is 2.30. The second kappa shape index (κ2) is 5.26. The van der Waals surface area contributed by atoms with Crippen molar-refractivity contribution in [3.8, 4) is 0 Å². The number of esters is 1. The van der Waals surface area contributed by atoms with Gasteiger partial charge in [0.05, 0.1) is 0 Å². The fraction of sp³-hybridized carbons (Fsp3) is 0.643. The van der Waals surface area contributed by atoms with Crippen LogP contribution in [0.1, 0.15) is 49.8 Å². The number of aromatic amines is 1. The highest BCUT2D eigenvalue weighted by molar-refractivity contribution is 5.95. The van der Waals surface area contributed by atoms with Crippen LogP contribution in [0.15, 0.2) is 6.07 Å². The van der Waals surface area contributed by atoms with E-state index in [-0.39, 0.29) is 11.9 Å². The number of nitrogens with zero attached hydrogens (tertiary/aromatic N) is 2. The summed E-state index contributed by atoms with van der Waals surface area (Å²) in [6.45, 7) is 7.86. The SMILES string of the molecule is Cc1cc(C(=O)N2CCC[C@@H]2C(=O)OC(C)(C)C)n[nH]1. The zero-order valence-electron chi connectivity index (χ0n) is 12.4. The maximum atomic E-state index is 12.4. The van der Waals surface area contributed by atoms with Gasteiger partial charge in [-0.15, -0.1) is 0 Å². The van der Waals surface area contributed by atoms with Gasteiger partial charge in [0.15, 0.2) is 0 Å². The lowest BCUT2D eigenvalue weighted by atomic mass is 10.1. The van der Waals surface area contributed by atoms with Gasteiger partial charge in [0, 0.05) is 12.2 Å². The smallest absolute Gasteiger partial charge is 0.329 e. The first-order chi connectivity index (χ1) is 9.28. The Morgan fingerprint density at radius 3 is 2.70 bits per heavy atom. The lowest BCUT2D eigenvalue weighted by molar-refractivity contribution is -0.159. The molecule has 0 radical (unpaired) electrons. The van der Waals surface area contributed by atoms with Crippen LogP contribution in [0.25, 0.3) is 0 Å². The molecule has 1 aliphatic heterocycles. The van der Waals surface area contributed by atoms with E-state index in [1.165, 1.54) is 0 Å². The summed E-state index contributed by atoms with van der Waals surface area (Å²) in [5.74, 6) is -0.557. The van der Waals surface area contributed by atoms with Gasteiger partial charge in [-0.05, 0) is 46.6 Å². The van der Waals surface area contributed by atoms with Gasteiger partial charge >= 0.3 is 5.97 Å². The summed E-state index contributed by atoms with van der Waals surface area (Å²) in [5.41, 5.74) is 0.622. The first-order valence-corrected chi connectivity index (χ1v) is 6.84. The monoisotopic (exact) mass is 279 g/mol. The maximum absolute atomic E-state index is 12.4. The fourth-order valence-corrected chi connectivity index (χ4v) is 2.30. The topological polar surface area (TPSA) is 75.3 Å². The highest BCUT2D eigenvalue weighted by Crippen LogP contribution is 2.22. The molecule has 0 saturated carbocycles. The molecule has 0 spiro atoms. The van der Waals surface area contributed by atoms with E-state index < -0.39 is 11.6 Å². The molecule has 2 rings (SSSR count). The molecule has 1 fully saturated rings. The summed E-state index contributed by atoms with van der Waals surface area (Å²) in [6.07, 6.45) is 1.45. The summed E-state index contributed by atoms with van der Waals surface area (Å²) in [4.78, 5) is 26.1. The van der Waals surface area contributed by atoms with Crippen molar-refractivity contribution in [3.63, 3.8) is 0 Å². The average Bonchev–Trinajstić information content (AvgIpc) is 2.93. The molecule has 6 nitrogen and oxygen atoms in total. The number of hydrogen-bond donors (Lipinski definition) is 1. The van der Waals surface area contributed by atoms with E-state index in [1.807, 2.05) is 27.7 Å². The minimum atomic E-state index is -0.544. The van der Waals surface area contributed by atoms with Crippen molar-refractivity contribution in [1.29, 1.82) is 0 Å². The number of aryl methyl sites for hydroxylation is 1. The summed E-state index contributed by atoms with van der Waals surface area (Å²) in [6, 6.07) is 1.19. The standard InChI is InChI=1S/C14H21N3O3/c1-9-8-10(16-15-9)12(18)17-7-5-6-11(17)13(19)20-14(2,3)4/h8,11H,5-7H2,1-4H3,(H,15,16)/t11-/m1/s1. The molecule has 1 aromatic heterocycles. The first kappa shape index (κ1) is 14.6. The molecule has 0 aliphatic carbocycles. The number of H-pyrrole nitrogens is 1. The van der Waals surface area contributed by atoms with Crippen LogP contribution in [-0.2, 0) is 9.53 Å². The van der Waals surface area contributed by atoms with E-state index >= 15 is 0 Å². The Kier molecular flexibility index (Phi) is 3.83. The lowest BCUT2D eigenvalue weighted by Crippen LogP contribution is -2.43. The van der Waals surface area contributed by atoms with E-state index in [2.05, 4.69) is 10.2 Å². The Bertz CT molecular complexity index is 516. The average molecular weight is 279 g/mol. The zero-order chi connectivity index (χ0) is 14.9. The van der Waals surface area contributed by atoms with E-state index in [9.17, 15) is 9.59 Å². The first-order valence-electron chi connectivity index (χ1n) is 6.84. The highest BCUT2D eigenvalue weighted by Gasteiger charge is 2.37. The number of ether oxygens (including phenoxy) is 1. The molecule has 20 heavy (non-hydrogen) atoms. The predicted octanol–water partition coefficient (Wildman–Crippen LogP) is 1.66. The van der Waals surface area contributed by atoms with Crippen LogP contribution in [0.4, 0.5) is 0 Å². The molecule has 1 atom stereocenters. The molecule has 0 bridgehead atoms. The van der Waals surface area contributed by atoms with Crippen LogP contribution in [0.5, 0.6) is 0 Å². The van der Waals surface area contributed by atoms with Gasteiger partial charge in [-0.1, -0.05) is 0 Å². The Hall–Kier alpha value is -1.85. The van der Waals surface area contributed by atoms with Gasteiger partial charge < -0.3 is 9.64 Å². The second-order valence-corrected chi connectivity index (χ2v) is 6.13. The third-order valence-corrected chi connectivity index (χ3v) is 3.12. The number of likely N-dealkylation sites (tertiary alicyclic amines) is 1. The molecule has 1 saturated heterocycles. The molecule has 1 aliphatic rings. The number of amides is 1. The number of nitrogens with one attached hydrogen (secondary N) is 1. The van der Waals surface area contributed by atoms with Crippen molar-refractivity contribution in [2.75, 3.05) is 6.54 Å². The molecule has 1 aromatic rings. The van der Waals surface area contributed by atoms with Crippen LogP contribution in [0.3, 0.4) is 0 Å². The molecule has 1 N–H and O–H groups in total. The van der Waals surface area contributed by atoms with Gasteiger partial charge in [0.2, 0.25) is 0 Å². The Labute approximate surface area is 118 Å². The van der Waals surface area contributed by atoms with Gasteiger partial charge in [-0.25, -0.2) is 4.79 Å². The number of carbonyl (C=O) groups is 2. The van der Waals surface area contributed by atoms with Crippen LogP contribution in [0, 0.1) is 6.92 Å². The molecule has 110 valence electrons. The van der Waals surface area contributed by atoms with E-state index in [0.717, 1.165) is 12.1 Å². The Morgan fingerprint density at radius 2 is 2.15 bits per heavy atom. The highest BCUT2D eigenvalue weighted by atomic mass is 16.6. The normalized spacial score (nSPS) is 19.2. The summed E-state index contributed by atoms with van der Waals surface area (Å²) in [7, 11) is 0. The predicted molar refractivity (Wildman–Crippen MR) is 73.2 cm³/mol. The third-order valence-electron chi connectivity index (χ3n) is 3.12. The largest absolute Gasteiger partial charge is 0.458 e. The minimum absolute atomic E-state index is 0.220. The van der Waals surface area contributed by atoms with Gasteiger partial charge in [-0.2, -0.15) is 5.10 Å². The molecular formula is C14H21N3O3. The number of rotatable bonds is 2. The van der Waals surface area contributed by atoms with Crippen molar-refractivity contribution in [3.05, 3.63) is 17.5 Å². The van der Waals surface area contributed by atoms with Crippen molar-refractivity contribution in [2.45, 2.75) is 52.2 Å². The minimum Gasteiger partial charge on any atom is -0.458 e. The summed E-state index contributed by atoms with van der Waals surface area (Å²) in [5, 5.41) is 6.70. The Morgan fingerprint density at radius 1 is 1.45 bits per heavy atom. The summed E-state index contributed by atoms with van der Waals surface area (Å²) < 4.78 is 5.38. The van der Waals surface area contributed by atoms with E-state index in [1.54, 1.807) is 11.0 Å². The van der Waals surface area contributed by atoms with Crippen molar-refractivity contribution in [2.24, 2.45) is 0 Å². The quantitative estimate of drug-likeness (QED) is 0.835. The Balaban J connectivity index is 2.11. The van der Waals surface area contributed by atoms with Crippen molar-refractivity contribution < 1.29 is 14.3 Å². The van der Waals surface area contributed by atoms with Gasteiger partial charge in [-0.3, -0.25) is 9.89 Å². The lowest BCUT2D eigenvalue weighted by Gasteiger charge is -2.27. The second-order valence-electron chi connectivity index (χ2n) is 6.13. The molecule has 1 amide bonds. The number of hydrogen-bond acceptors (Lipinski definition) is 4. The molecule has 6 heteroatoms. The number of aromatic nitrogens is 2. The maximum Gasteiger partial charge on any atom is 0.329 e. The van der Waals surface area contributed by atoms with Crippen LogP contribution < -0.4 is 0 Å². The van der Waals surface area contributed by atoms with Crippen molar-refractivity contribution >= 4 is 11.9 Å². The molecular weight excluding hydrogens is 258 g/mol. The van der Waals surface area contributed by atoms with Crippen LogP contribution >= 0.6 is 0 Å². The zero-order valence-corrected chi connectivity index (χ0v) is 12.4. The van der Waals surface area contributed by atoms with Crippen LogP contribution in [-0.4, -0.2) is 45.2 Å². The van der Waals surface area contributed by atoms with E-state index in [4.69, 9.17) is 4.74 Å². The number of carbonyl (C=O) groups excluding carboxylic acids is 2. The van der Waals surface area contributed by atoms with Crippen molar-refractivity contribution in [1.82, 2.24) is 15.1 Å². The molecule has 0 aromatic carbocycles.